The fourth-order valence-corrected chi connectivity index (χ4v) is 9.24. The van der Waals surface area contributed by atoms with Gasteiger partial charge in [0.25, 0.3) is 0 Å². The summed E-state index contributed by atoms with van der Waals surface area (Å²) in [7, 11) is -2.21. The van der Waals surface area contributed by atoms with Crippen LogP contribution in [0.15, 0.2) is 134 Å². The quantitative estimate of drug-likeness (QED) is 0.184. The van der Waals surface area contributed by atoms with E-state index < -0.39 is 14.9 Å². The maximum absolute atomic E-state index is 8.01. The van der Waals surface area contributed by atoms with Crippen molar-refractivity contribution in [3.05, 3.63) is 145 Å². The normalized spacial score (nSPS) is 14.4. The van der Waals surface area contributed by atoms with Crippen molar-refractivity contribution in [2.45, 2.75) is 26.9 Å². The Bertz CT molecular complexity index is 2340. The van der Waals surface area contributed by atoms with Gasteiger partial charge in [0, 0.05) is 32.5 Å². The van der Waals surface area contributed by atoms with Gasteiger partial charge >= 0.3 is 0 Å². The van der Waals surface area contributed by atoms with E-state index in [1.54, 1.807) is 18.3 Å². The minimum Gasteiger partial charge on any atom is -0.321 e. The van der Waals surface area contributed by atoms with Crippen molar-refractivity contribution in [1.29, 1.82) is 0 Å². The van der Waals surface area contributed by atoms with Gasteiger partial charge < -0.3 is 9.80 Å². The summed E-state index contributed by atoms with van der Waals surface area (Å²) in [6, 6.07) is 44.7. The molecule has 0 aliphatic carbocycles. The Hall–Kier alpha value is -5.13. The first-order chi connectivity index (χ1) is 23.1. The third-order valence-electron chi connectivity index (χ3n) is 9.40. The number of hydrogen-bond donors (Lipinski definition) is 0. The van der Waals surface area contributed by atoms with Crippen LogP contribution < -0.4 is 20.2 Å². The van der Waals surface area contributed by atoms with Crippen molar-refractivity contribution < 1.29 is 4.11 Å². The predicted molar refractivity (Wildman–Crippen MR) is 193 cm³/mol. The second-order valence-electron chi connectivity index (χ2n) is 12.4. The Morgan fingerprint density at radius 1 is 0.644 bits per heavy atom. The van der Waals surface area contributed by atoms with E-state index in [1.807, 2.05) is 12.1 Å². The summed E-state index contributed by atoms with van der Waals surface area (Å²) in [6.07, 6.45) is 1.60. The molecule has 0 atom stereocenters. The zero-order valence-electron chi connectivity index (χ0n) is 28.7. The lowest BCUT2D eigenvalue weighted by Crippen LogP contribution is -2.53. The van der Waals surface area contributed by atoms with Crippen molar-refractivity contribution in [2.75, 3.05) is 16.5 Å². The van der Waals surface area contributed by atoms with Gasteiger partial charge in [-0.05, 0) is 79.5 Å². The van der Waals surface area contributed by atoms with Crippen LogP contribution in [0.2, 0.25) is 13.1 Å². The zero-order valence-corrected chi connectivity index (χ0v) is 26.7. The summed E-state index contributed by atoms with van der Waals surface area (Å²) >= 11 is 0. The van der Waals surface area contributed by atoms with Gasteiger partial charge in [0.1, 0.15) is 20.6 Å². The number of para-hydroxylation sites is 4. The number of rotatable bonds is 5. The first-order valence-corrected chi connectivity index (χ1v) is 18.4. The SMILES string of the molecule is [2H]C([2H])([2H])c1ccnc(-n2c3ccccc3c3ccc([Si](C)(C)c4cccc(N5CN(c6ccccc6C)c6ccccc65)c4)cc32)c1. The molecule has 0 bridgehead atoms. The summed E-state index contributed by atoms with van der Waals surface area (Å²) in [4.78, 5) is 9.49. The molecule has 7 aromatic rings. The maximum atomic E-state index is 8.01. The van der Waals surface area contributed by atoms with Crippen LogP contribution in [0, 0.1) is 13.8 Å². The molecule has 2 aromatic heterocycles. The molecular weight excluding hydrogens is 565 g/mol. The van der Waals surface area contributed by atoms with Crippen LogP contribution >= 0.6 is 0 Å². The molecule has 8 rings (SSSR count). The third-order valence-corrected chi connectivity index (χ3v) is 12.9. The van der Waals surface area contributed by atoms with Gasteiger partial charge in [-0.15, -0.1) is 0 Å². The minimum absolute atomic E-state index is 0.283. The fraction of sp³-hybridized carbons (Fsp3) is 0.125. The predicted octanol–water partition coefficient (Wildman–Crippen LogP) is 8.87. The number of aromatic nitrogens is 2. The number of nitrogens with zero attached hydrogens (tertiary/aromatic N) is 4. The molecular formula is C40H36N4Si. The molecule has 1 aliphatic heterocycles. The van der Waals surface area contributed by atoms with E-state index in [1.165, 1.54) is 38.7 Å². The highest BCUT2D eigenvalue weighted by atomic mass is 28.3. The van der Waals surface area contributed by atoms with Crippen LogP contribution in [-0.2, 0) is 0 Å². The molecule has 45 heavy (non-hydrogen) atoms. The summed E-state index contributed by atoms with van der Waals surface area (Å²) in [5.41, 5.74) is 8.39. The molecule has 220 valence electrons. The number of pyridine rings is 1. The Morgan fingerprint density at radius 3 is 2.18 bits per heavy atom. The van der Waals surface area contributed by atoms with E-state index in [-0.39, 0.29) is 5.56 Å². The highest BCUT2D eigenvalue weighted by Gasteiger charge is 2.31. The Morgan fingerprint density at radius 2 is 1.36 bits per heavy atom. The first-order valence-electron chi connectivity index (χ1n) is 16.9. The van der Waals surface area contributed by atoms with Gasteiger partial charge in [-0.25, -0.2) is 4.98 Å². The van der Waals surface area contributed by atoms with Crippen molar-refractivity contribution >= 4 is 63.0 Å². The van der Waals surface area contributed by atoms with Crippen LogP contribution in [0.5, 0.6) is 0 Å². The summed E-state index contributed by atoms with van der Waals surface area (Å²) in [6.45, 7) is 5.51. The van der Waals surface area contributed by atoms with Crippen molar-refractivity contribution in [3.63, 3.8) is 0 Å². The molecule has 0 saturated carbocycles. The number of anilines is 4. The standard InChI is InChI=1S/C40H36N4Si/c1-28-22-23-41-40(24-28)44-36-17-8-6-15-33(36)34-21-20-32(26-39(34)44)45(3,4)31-14-11-13-30(25-31)42-27-43(35-16-7-5-12-29(35)2)38-19-10-9-18-37(38)42/h5-26H,27H2,1-4H3/i1D3. The Balaban J connectivity index is 1.22. The van der Waals surface area contributed by atoms with Gasteiger partial charge in [-0.3, -0.25) is 4.57 Å². The molecule has 0 saturated heterocycles. The summed E-state index contributed by atoms with van der Waals surface area (Å²) in [5, 5.41) is 4.88. The van der Waals surface area contributed by atoms with E-state index in [9.17, 15) is 0 Å². The lowest BCUT2D eigenvalue weighted by molar-refractivity contribution is 0.986. The molecule has 4 nitrogen and oxygen atoms in total. The fourth-order valence-electron chi connectivity index (χ4n) is 6.88. The van der Waals surface area contributed by atoms with Crippen LogP contribution in [0.4, 0.5) is 22.7 Å². The third kappa shape index (κ3) is 4.46. The molecule has 1 aliphatic rings. The average molecular weight is 604 g/mol. The van der Waals surface area contributed by atoms with E-state index in [4.69, 9.17) is 4.11 Å². The van der Waals surface area contributed by atoms with Crippen LogP contribution in [0.25, 0.3) is 27.6 Å². The largest absolute Gasteiger partial charge is 0.321 e. The second kappa shape index (κ2) is 10.5. The number of fused-ring (bicyclic) bond motifs is 4. The number of hydrogen-bond acceptors (Lipinski definition) is 3. The topological polar surface area (TPSA) is 24.3 Å². The molecule has 0 N–H and O–H groups in total. The highest BCUT2D eigenvalue weighted by molar-refractivity contribution is 7.00. The lowest BCUT2D eigenvalue weighted by atomic mass is 10.1. The number of benzene rings is 5. The van der Waals surface area contributed by atoms with E-state index in [0.717, 1.165) is 28.5 Å². The van der Waals surface area contributed by atoms with E-state index >= 15 is 0 Å². The van der Waals surface area contributed by atoms with Gasteiger partial charge in [-0.2, -0.15) is 0 Å². The van der Waals surface area contributed by atoms with Crippen LogP contribution in [-0.4, -0.2) is 24.3 Å². The van der Waals surface area contributed by atoms with Gasteiger partial charge in [0.15, 0.2) is 0 Å². The number of aryl methyl sites for hydroxylation is 2. The minimum atomic E-state index is -2.21. The first kappa shape index (κ1) is 24.2. The Kier molecular flexibility index (Phi) is 5.65. The second-order valence-corrected chi connectivity index (χ2v) is 16.8. The summed E-state index contributed by atoms with van der Waals surface area (Å²) < 4.78 is 26.2. The molecule has 5 aromatic carbocycles. The average Bonchev–Trinajstić information content (AvgIpc) is 3.64. The monoisotopic (exact) mass is 603 g/mol. The van der Waals surface area contributed by atoms with Crippen molar-refractivity contribution in [2.24, 2.45) is 0 Å². The van der Waals surface area contributed by atoms with E-state index in [0.29, 0.717) is 5.82 Å². The maximum Gasteiger partial charge on any atom is 0.137 e. The highest BCUT2D eigenvalue weighted by Crippen LogP contribution is 2.44. The van der Waals surface area contributed by atoms with Gasteiger partial charge in [-0.1, -0.05) is 96.3 Å². The molecule has 5 heteroatoms. The molecule has 0 amide bonds. The molecule has 3 heterocycles. The molecule has 0 unspecified atom stereocenters. The molecule has 0 radical (unpaired) electrons. The summed E-state index contributed by atoms with van der Waals surface area (Å²) in [5.74, 6) is 0.611. The van der Waals surface area contributed by atoms with Crippen LogP contribution in [0.1, 0.15) is 15.2 Å². The van der Waals surface area contributed by atoms with Gasteiger partial charge in [0.2, 0.25) is 0 Å². The zero-order chi connectivity index (χ0) is 33.2. The Labute approximate surface area is 270 Å². The smallest absolute Gasteiger partial charge is 0.137 e. The van der Waals surface area contributed by atoms with Crippen molar-refractivity contribution in [1.82, 2.24) is 9.55 Å². The molecule has 0 spiro atoms. The van der Waals surface area contributed by atoms with Crippen LogP contribution in [0.3, 0.4) is 0 Å². The molecule has 0 fully saturated rings. The lowest BCUT2D eigenvalue weighted by Gasteiger charge is -2.27. The van der Waals surface area contributed by atoms with E-state index in [2.05, 4.69) is 142 Å². The van der Waals surface area contributed by atoms with Crippen molar-refractivity contribution in [3.8, 4) is 5.82 Å². The van der Waals surface area contributed by atoms with Gasteiger partial charge in [0.05, 0.1) is 22.4 Å².